The van der Waals surface area contributed by atoms with Crippen molar-refractivity contribution in [1.82, 2.24) is 0 Å². The van der Waals surface area contributed by atoms with Gasteiger partial charge in [0.2, 0.25) is 0 Å². The largest absolute Gasteiger partial charge is 0.490 e. The fourth-order valence-corrected chi connectivity index (χ4v) is 1.80. The summed E-state index contributed by atoms with van der Waals surface area (Å²) in [6.45, 7) is 1.13. The topological polar surface area (TPSA) is 35.2 Å². The Morgan fingerprint density at radius 2 is 2.19 bits per heavy atom. The average molecular weight is 223 g/mol. The van der Waals surface area contributed by atoms with Crippen LogP contribution in [0.4, 0.5) is 4.39 Å². The summed E-state index contributed by atoms with van der Waals surface area (Å²) in [4.78, 5) is 0. The highest BCUT2D eigenvalue weighted by atomic mass is 19.1. The molecule has 0 spiro atoms. The number of hydrogen-bond acceptors (Lipinski definition) is 2. The quantitative estimate of drug-likeness (QED) is 0.804. The molecule has 1 aliphatic carbocycles. The zero-order valence-electron chi connectivity index (χ0n) is 9.42. The van der Waals surface area contributed by atoms with Gasteiger partial charge in [-0.3, -0.25) is 0 Å². The van der Waals surface area contributed by atoms with Crippen molar-refractivity contribution in [2.24, 2.45) is 11.7 Å². The molecule has 88 valence electrons. The van der Waals surface area contributed by atoms with E-state index in [1.54, 1.807) is 6.07 Å². The highest BCUT2D eigenvalue weighted by Gasteiger charge is 2.21. The number of halogens is 1. The molecule has 0 aliphatic heterocycles. The first-order valence-electron chi connectivity index (χ1n) is 5.91. The lowest BCUT2D eigenvalue weighted by molar-refractivity contribution is 0.285. The standard InChI is InChI=1S/C13H18FNO/c14-12-3-1-2-11(6-8-15)13(12)16-9-7-10-4-5-10/h1-3,10H,4-9,15H2. The van der Waals surface area contributed by atoms with E-state index in [0.717, 1.165) is 17.9 Å². The van der Waals surface area contributed by atoms with E-state index in [1.807, 2.05) is 6.07 Å². The van der Waals surface area contributed by atoms with E-state index >= 15 is 0 Å². The molecule has 0 atom stereocenters. The SMILES string of the molecule is NCCc1cccc(F)c1OCCC1CC1. The lowest BCUT2D eigenvalue weighted by Crippen LogP contribution is -2.07. The first-order chi connectivity index (χ1) is 7.81. The maximum absolute atomic E-state index is 13.5. The van der Waals surface area contributed by atoms with Gasteiger partial charge in [0.25, 0.3) is 0 Å². The highest BCUT2D eigenvalue weighted by Crippen LogP contribution is 2.32. The van der Waals surface area contributed by atoms with Crippen molar-refractivity contribution in [2.75, 3.05) is 13.2 Å². The Bertz CT molecular complexity index is 350. The third kappa shape index (κ3) is 2.95. The van der Waals surface area contributed by atoms with Gasteiger partial charge in [-0.05, 0) is 36.9 Å². The van der Waals surface area contributed by atoms with Crippen molar-refractivity contribution in [3.05, 3.63) is 29.6 Å². The van der Waals surface area contributed by atoms with Gasteiger partial charge in [-0.1, -0.05) is 25.0 Å². The smallest absolute Gasteiger partial charge is 0.165 e. The van der Waals surface area contributed by atoms with Gasteiger partial charge < -0.3 is 10.5 Å². The van der Waals surface area contributed by atoms with Crippen molar-refractivity contribution in [1.29, 1.82) is 0 Å². The maximum Gasteiger partial charge on any atom is 0.165 e. The summed E-state index contributed by atoms with van der Waals surface area (Å²) in [5, 5.41) is 0. The minimum Gasteiger partial charge on any atom is -0.490 e. The Balaban J connectivity index is 1.97. The Kier molecular flexibility index (Phi) is 3.78. The van der Waals surface area contributed by atoms with E-state index in [-0.39, 0.29) is 5.82 Å². The zero-order valence-corrected chi connectivity index (χ0v) is 9.42. The molecular formula is C13H18FNO. The summed E-state index contributed by atoms with van der Waals surface area (Å²) in [5.41, 5.74) is 6.36. The summed E-state index contributed by atoms with van der Waals surface area (Å²) >= 11 is 0. The van der Waals surface area contributed by atoms with Crippen LogP contribution in [0.3, 0.4) is 0 Å². The van der Waals surface area contributed by atoms with Gasteiger partial charge in [0.05, 0.1) is 6.61 Å². The van der Waals surface area contributed by atoms with Crippen LogP contribution in [-0.4, -0.2) is 13.2 Å². The molecule has 1 aliphatic rings. The second kappa shape index (κ2) is 5.30. The molecular weight excluding hydrogens is 205 g/mol. The first-order valence-corrected chi connectivity index (χ1v) is 5.91. The zero-order chi connectivity index (χ0) is 11.4. The second-order valence-electron chi connectivity index (χ2n) is 4.35. The monoisotopic (exact) mass is 223 g/mol. The second-order valence-corrected chi connectivity index (χ2v) is 4.35. The van der Waals surface area contributed by atoms with Gasteiger partial charge in [-0.2, -0.15) is 0 Å². The molecule has 0 heterocycles. The van der Waals surface area contributed by atoms with E-state index in [4.69, 9.17) is 10.5 Å². The minimum absolute atomic E-state index is 0.276. The molecule has 1 aromatic carbocycles. The molecule has 0 radical (unpaired) electrons. The van der Waals surface area contributed by atoms with E-state index in [1.165, 1.54) is 18.9 Å². The molecule has 1 aromatic rings. The van der Waals surface area contributed by atoms with Crippen LogP contribution in [0.15, 0.2) is 18.2 Å². The summed E-state index contributed by atoms with van der Waals surface area (Å²) in [6.07, 6.45) is 4.31. The van der Waals surface area contributed by atoms with Crippen molar-refractivity contribution in [2.45, 2.75) is 25.7 Å². The molecule has 2 rings (SSSR count). The third-order valence-corrected chi connectivity index (χ3v) is 2.93. The molecule has 0 unspecified atom stereocenters. The number of nitrogens with two attached hydrogens (primary N) is 1. The van der Waals surface area contributed by atoms with Crippen LogP contribution in [0.2, 0.25) is 0 Å². The van der Waals surface area contributed by atoms with Crippen LogP contribution in [0.5, 0.6) is 5.75 Å². The van der Waals surface area contributed by atoms with E-state index < -0.39 is 0 Å². The van der Waals surface area contributed by atoms with Gasteiger partial charge in [-0.25, -0.2) is 4.39 Å². The average Bonchev–Trinajstić information content (AvgIpc) is 3.06. The number of ether oxygens (including phenoxy) is 1. The van der Waals surface area contributed by atoms with E-state index in [0.29, 0.717) is 25.3 Å². The molecule has 2 N–H and O–H groups in total. The normalized spacial score (nSPS) is 15.1. The van der Waals surface area contributed by atoms with Crippen LogP contribution >= 0.6 is 0 Å². The molecule has 2 nitrogen and oxygen atoms in total. The molecule has 0 aromatic heterocycles. The lowest BCUT2D eigenvalue weighted by atomic mass is 10.1. The number of rotatable bonds is 6. The van der Waals surface area contributed by atoms with Gasteiger partial charge in [0.15, 0.2) is 11.6 Å². The predicted octanol–water partition coefficient (Wildman–Crippen LogP) is 2.51. The van der Waals surface area contributed by atoms with Crippen molar-refractivity contribution >= 4 is 0 Å². The number of benzene rings is 1. The molecule has 1 saturated carbocycles. The summed E-state index contributed by atoms with van der Waals surface area (Å²) in [7, 11) is 0. The Morgan fingerprint density at radius 3 is 2.88 bits per heavy atom. The molecule has 0 amide bonds. The van der Waals surface area contributed by atoms with Gasteiger partial charge in [0.1, 0.15) is 0 Å². The fraction of sp³-hybridized carbons (Fsp3) is 0.538. The van der Waals surface area contributed by atoms with Crippen LogP contribution in [0, 0.1) is 11.7 Å². The maximum atomic E-state index is 13.5. The summed E-state index contributed by atoms with van der Waals surface area (Å²) < 4.78 is 19.1. The number of hydrogen-bond donors (Lipinski definition) is 1. The minimum atomic E-state index is -0.276. The van der Waals surface area contributed by atoms with E-state index in [2.05, 4.69) is 0 Å². The van der Waals surface area contributed by atoms with Crippen LogP contribution in [-0.2, 0) is 6.42 Å². The summed E-state index contributed by atoms with van der Waals surface area (Å²) in [6, 6.07) is 5.02. The molecule has 16 heavy (non-hydrogen) atoms. The lowest BCUT2D eigenvalue weighted by Gasteiger charge is -2.11. The molecule has 0 saturated heterocycles. The van der Waals surface area contributed by atoms with Gasteiger partial charge in [-0.15, -0.1) is 0 Å². The van der Waals surface area contributed by atoms with Crippen molar-refractivity contribution < 1.29 is 9.13 Å². The van der Waals surface area contributed by atoms with E-state index in [9.17, 15) is 4.39 Å². The first kappa shape index (κ1) is 11.4. The fourth-order valence-electron chi connectivity index (χ4n) is 1.80. The van der Waals surface area contributed by atoms with Gasteiger partial charge >= 0.3 is 0 Å². The molecule has 0 bridgehead atoms. The van der Waals surface area contributed by atoms with Gasteiger partial charge in [0, 0.05) is 0 Å². The van der Waals surface area contributed by atoms with Crippen LogP contribution in [0.25, 0.3) is 0 Å². The Labute approximate surface area is 95.6 Å². The summed E-state index contributed by atoms with van der Waals surface area (Å²) in [5.74, 6) is 0.931. The molecule has 1 fully saturated rings. The van der Waals surface area contributed by atoms with Crippen LogP contribution in [0.1, 0.15) is 24.8 Å². The predicted molar refractivity (Wildman–Crippen MR) is 62.0 cm³/mol. The number of para-hydroxylation sites is 1. The van der Waals surface area contributed by atoms with Crippen molar-refractivity contribution in [3.63, 3.8) is 0 Å². The third-order valence-electron chi connectivity index (χ3n) is 2.93. The Hall–Kier alpha value is -1.09. The van der Waals surface area contributed by atoms with Crippen LogP contribution < -0.4 is 10.5 Å². The highest BCUT2D eigenvalue weighted by molar-refractivity contribution is 5.35. The Morgan fingerprint density at radius 1 is 1.38 bits per heavy atom. The van der Waals surface area contributed by atoms with Crippen molar-refractivity contribution in [3.8, 4) is 5.75 Å². The molecule has 3 heteroatoms.